The maximum Gasteiger partial charge on any atom is 0.316 e. The summed E-state index contributed by atoms with van der Waals surface area (Å²) in [5, 5.41) is 0. The highest BCUT2D eigenvalue weighted by Gasteiger charge is 2.53. The number of carbonyl (C=O) groups excluding carboxylic acids is 4. The fourth-order valence-corrected chi connectivity index (χ4v) is 9.52. The van der Waals surface area contributed by atoms with Crippen LogP contribution in [-0.2, 0) is 28.7 Å². The second-order valence-corrected chi connectivity index (χ2v) is 19.2. The summed E-state index contributed by atoms with van der Waals surface area (Å²) < 4.78 is 22.4. The lowest BCUT2D eigenvalue weighted by atomic mass is 9.87. The van der Waals surface area contributed by atoms with Crippen molar-refractivity contribution in [1.82, 2.24) is 19.8 Å². The number of benzene rings is 2. The van der Waals surface area contributed by atoms with Crippen LogP contribution in [0.3, 0.4) is 0 Å². The number of hydrogen-bond donors (Lipinski definition) is 0. The summed E-state index contributed by atoms with van der Waals surface area (Å²) in [6.07, 6.45) is 1.77. The van der Waals surface area contributed by atoms with Gasteiger partial charge in [-0.05, 0) is 140 Å². The van der Waals surface area contributed by atoms with Crippen molar-refractivity contribution in [1.29, 1.82) is 0 Å². The van der Waals surface area contributed by atoms with E-state index in [-0.39, 0.29) is 17.4 Å². The van der Waals surface area contributed by atoms with E-state index in [1.54, 1.807) is 47.3 Å². The summed E-state index contributed by atoms with van der Waals surface area (Å²) in [7, 11) is 10.1. The Morgan fingerprint density at radius 1 is 0.576 bits per heavy atom. The lowest BCUT2D eigenvalue weighted by molar-refractivity contribution is -0.148. The van der Waals surface area contributed by atoms with Crippen molar-refractivity contribution in [2.24, 2.45) is 11.8 Å². The van der Waals surface area contributed by atoms with Crippen LogP contribution in [0.4, 0.5) is 11.4 Å². The standard InChI is InChI=1S/C26H37N3O4.C26H39N3O4/c1-14(13-32-10)26(11-12-26)29(9)25(31)24(30)28(8)22-17(4)15(2)21(16(3)18(22)5)23-19(6)27-20(7)33-23;1-14(13-32-12)26(8,9)29(11)25(31)24(30)28(10)22-17(4)15(2)21(16(3)18(22)5)23-19(6)27-20(7)33-23/h14H,11-13H2,1-10H3;14H,13H2,1-12H3. The Labute approximate surface area is 393 Å². The summed E-state index contributed by atoms with van der Waals surface area (Å²) in [6, 6.07) is 0. The Hall–Kier alpha value is -5.34. The van der Waals surface area contributed by atoms with E-state index in [1.807, 2.05) is 104 Å². The van der Waals surface area contributed by atoms with E-state index in [4.69, 9.17) is 18.3 Å². The first-order chi connectivity index (χ1) is 30.6. The monoisotopic (exact) mass is 913 g/mol. The summed E-state index contributed by atoms with van der Waals surface area (Å²) >= 11 is 0. The van der Waals surface area contributed by atoms with Crippen LogP contribution in [-0.4, -0.2) is 110 Å². The fraction of sp³-hybridized carbons (Fsp3) is 0.577. The van der Waals surface area contributed by atoms with E-state index in [0.29, 0.717) is 25.0 Å². The van der Waals surface area contributed by atoms with Gasteiger partial charge >= 0.3 is 23.6 Å². The van der Waals surface area contributed by atoms with Crippen molar-refractivity contribution >= 4 is 35.0 Å². The molecule has 4 aromatic rings. The number of likely N-dealkylation sites (N-methyl/N-ethyl adjacent to an activating group) is 4. The predicted molar refractivity (Wildman–Crippen MR) is 261 cm³/mol. The van der Waals surface area contributed by atoms with E-state index in [0.717, 1.165) is 103 Å². The van der Waals surface area contributed by atoms with Crippen LogP contribution < -0.4 is 9.80 Å². The molecule has 0 bridgehead atoms. The number of methoxy groups -OCH3 is 2. The number of nitrogens with zero attached hydrogens (tertiary/aromatic N) is 6. The van der Waals surface area contributed by atoms with Crippen LogP contribution in [0.25, 0.3) is 22.6 Å². The van der Waals surface area contributed by atoms with Crippen molar-refractivity contribution in [3.8, 4) is 22.6 Å². The van der Waals surface area contributed by atoms with E-state index in [1.165, 1.54) is 14.7 Å². The maximum atomic E-state index is 13.4. The van der Waals surface area contributed by atoms with Gasteiger partial charge in [0.25, 0.3) is 0 Å². The number of ether oxygens (including phenoxy) is 2. The second-order valence-electron chi connectivity index (χ2n) is 19.2. The molecule has 0 aliphatic heterocycles. The minimum absolute atomic E-state index is 0.0513. The van der Waals surface area contributed by atoms with Gasteiger partial charge in [0.2, 0.25) is 0 Å². The SMILES string of the molecule is COCC(C)C(C)(C)N(C)C(=O)C(=O)N(C)c1c(C)c(C)c(-c2oc(C)nc2C)c(C)c1C.COCC(C)C1(N(C)C(=O)C(=O)N(C)c2c(C)c(C)c(-c3oc(C)nc3C)c(C)c2C)CC1. The Morgan fingerprint density at radius 3 is 1.23 bits per heavy atom. The molecule has 1 aliphatic carbocycles. The minimum atomic E-state index is -0.570. The van der Waals surface area contributed by atoms with Crippen LogP contribution >= 0.6 is 0 Å². The lowest BCUT2D eigenvalue weighted by Gasteiger charge is -2.40. The number of aromatic nitrogens is 2. The molecule has 0 saturated heterocycles. The average molecular weight is 913 g/mol. The third-order valence-corrected chi connectivity index (χ3v) is 14.9. The zero-order chi connectivity index (χ0) is 50.2. The van der Waals surface area contributed by atoms with Crippen molar-refractivity contribution in [2.75, 3.05) is 65.4 Å². The summed E-state index contributed by atoms with van der Waals surface area (Å²) in [6.45, 7) is 32.6. The van der Waals surface area contributed by atoms with Crippen LogP contribution in [0.2, 0.25) is 0 Å². The van der Waals surface area contributed by atoms with Gasteiger partial charge in [-0.3, -0.25) is 19.2 Å². The number of rotatable bonds is 12. The van der Waals surface area contributed by atoms with E-state index < -0.39 is 29.2 Å². The molecule has 14 nitrogen and oxygen atoms in total. The van der Waals surface area contributed by atoms with Crippen molar-refractivity contribution in [3.63, 3.8) is 0 Å². The number of aryl methyl sites for hydroxylation is 4. The molecule has 2 aromatic heterocycles. The predicted octanol–water partition coefficient (Wildman–Crippen LogP) is 9.10. The molecule has 2 heterocycles. The third kappa shape index (κ3) is 9.72. The Balaban J connectivity index is 0.000000289. The molecule has 0 radical (unpaired) electrons. The van der Waals surface area contributed by atoms with Crippen molar-refractivity contribution in [2.45, 2.75) is 135 Å². The van der Waals surface area contributed by atoms with E-state index in [9.17, 15) is 19.2 Å². The molecule has 362 valence electrons. The highest BCUT2D eigenvalue weighted by atomic mass is 16.5. The van der Waals surface area contributed by atoms with Crippen LogP contribution in [0.5, 0.6) is 0 Å². The van der Waals surface area contributed by atoms with Gasteiger partial charge in [0, 0.05) is 90.3 Å². The highest BCUT2D eigenvalue weighted by Crippen LogP contribution is 2.48. The van der Waals surface area contributed by atoms with Gasteiger partial charge in [-0.15, -0.1) is 0 Å². The molecule has 0 spiro atoms. The summed E-state index contributed by atoms with van der Waals surface area (Å²) in [5.74, 6) is 0.823. The van der Waals surface area contributed by atoms with Crippen LogP contribution in [0, 0.1) is 94.9 Å². The van der Waals surface area contributed by atoms with Gasteiger partial charge in [-0.2, -0.15) is 0 Å². The van der Waals surface area contributed by atoms with Crippen molar-refractivity contribution < 1.29 is 37.5 Å². The smallest absolute Gasteiger partial charge is 0.316 e. The topological polar surface area (TPSA) is 152 Å². The average Bonchev–Trinajstić information content (AvgIpc) is 3.92. The first-order valence-electron chi connectivity index (χ1n) is 22.8. The van der Waals surface area contributed by atoms with Gasteiger partial charge in [0.05, 0.1) is 36.0 Å². The fourth-order valence-electron chi connectivity index (χ4n) is 9.52. The number of anilines is 2. The maximum absolute atomic E-state index is 13.4. The molecule has 4 amide bonds. The summed E-state index contributed by atoms with van der Waals surface area (Å²) in [5.41, 5.74) is 12.1. The molecular formula is C52H76N6O8. The molecule has 0 N–H and O–H groups in total. The second kappa shape index (κ2) is 20.3. The normalized spacial score (nSPS) is 14.0. The van der Waals surface area contributed by atoms with Crippen LogP contribution in [0.15, 0.2) is 8.83 Å². The molecule has 2 atom stereocenters. The van der Waals surface area contributed by atoms with Gasteiger partial charge in [-0.25, -0.2) is 9.97 Å². The molecule has 5 rings (SSSR count). The highest BCUT2D eigenvalue weighted by molar-refractivity contribution is 6.41. The quantitative estimate of drug-likeness (QED) is 0.126. The number of amides is 4. The van der Waals surface area contributed by atoms with E-state index >= 15 is 0 Å². The zero-order valence-corrected chi connectivity index (χ0v) is 43.9. The molecule has 66 heavy (non-hydrogen) atoms. The molecule has 1 aliphatic rings. The molecule has 14 heteroatoms. The molecule has 2 unspecified atom stereocenters. The molecule has 1 saturated carbocycles. The zero-order valence-electron chi connectivity index (χ0n) is 43.9. The number of oxazole rings is 2. The van der Waals surface area contributed by atoms with Crippen molar-refractivity contribution in [3.05, 3.63) is 67.7 Å². The first-order valence-corrected chi connectivity index (χ1v) is 22.8. The minimum Gasteiger partial charge on any atom is -0.441 e. The number of hydrogen-bond acceptors (Lipinski definition) is 10. The van der Waals surface area contributed by atoms with Crippen LogP contribution in [0.1, 0.15) is 108 Å². The lowest BCUT2D eigenvalue weighted by Crippen LogP contribution is -2.55. The molecule has 1 fully saturated rings. The number of carbonyl (C=O) groups is 4. The van der Waals surface area contributed by atoms with Gasteiger partial charge in [-0.1, -0.05) is 13.8 Å². The first kappa shape index (κ1) is 53.3. The third-order valence-electron chi connectivity index (χ3n) is 14.9. The Kier molecular flexibility index (Phi) is 16.4. The van der Waals surface area contributed by atoms with E-state index in [2.05, 4.69) is 16.9 Å². The molecule has 2 aromatic carbocycles. The van der Waals surface area contributed by atoms with Gasteiger partial charge in [0.15, 0.2) is 23.3 Å². The van der Waals surface area contributed by atoms with Gasteiger partial charge < -0.3 is 37.9 Å². The molecular weight excluding hydrogens is 837 g/mol. The largest absolute Gasteiger partial charge is 0.441 e. The van der Waals surface area contributed by atoms with Gasteiger partial charge in [0.1, 0.15) is 0 Å². The summed E-state index contributed by atoms with van der Waals surface area (Å²) in [4.78, 5) is 68.1. The Morgan fingerprint density at radius 2 is 0.924 bits per heavy atom. The Bertz CT molecular complexity index is 2290.